The van der Waals surface area contributed by atoms with Crippen LogP contribution >= 0.6 is 0 Å². The van der Waals surface area contributed by atoms with Crippen LogP contribution in [0, 0.1) is 6.92 Å². The lowest BCUT2D eigenvalue weighted by Crippen LogP contribution is -2.42. The molecule has 5 heteroatoms. The van der Waals surface area contributed by atoms with Gasteiger partial charge in [0.15, 0.2) is 5.96 Å². The number of rotatable bonds is 5. The lowest BCUT2D eigenvalue weighted by Gasteiger charge is -2.25. The summed E-state index contributed by atoms with van der Waals surface area (Å²) in [7, 11) is 4.17. The van der Waals surface area contributed by atoms with Gasteiger partial charge in [0, 0.05) is 45.5 Å². The summed E-state index contributed by atoms with van der Waals surface area (Å²) < 4.78 is 0. The van der Waals surface area contributed by atoms with E-state index >= 15 is 0 Å². The van der Waals surface area contributed by atoms with Crippen molar-refractivity contribution < 1.29 is 0 Å². The van der Waals surface area contributed by atoms with Gasteiger partial charge < -0.3 is 15.1 Å². The van der Waals surface area contributed by atoms with Gasteiger partial charge in [0.05, 0.1) is 6.54 Å². The molecular formula is C21H35N5. The van der Waals surface area contributed by atoms with E-state index in [1.54, 1.807) is 0 Å². The molecule has 0 bridgehead atoms. The van der Waals surface area contributed by atoms with Gasteiger partial charge in [0.25, 0.3) is 0 Å². The van der Waals surface area contributed by atoms with Crippen molar-refractivity contribution in [1.82, 2.24) is 15.1 Å². The first-order valence-corrected chi connectivity index (χ1v) is 10.1. The van der Waals surface area contributed by atoms with Crippen molar-refractivity contribution in [3.8, 4) is 0 Å². The molecule has 0 aliphatic carbocycles. The van der Waals surface area contributed by atoms with Crippen LogP contribution in [-0.2, 0) is 6.54 Å². The molecule has 2 fully saturated rings. The normalized spacial score (nSPS) is 21.5. The molecule has 0 amide bonds. The zero-order chi connectivity index (χ0) is 18.5. The molecule has 0 aromatic heterocycles. The molecule has 2 saturated heterocycles. The summed E-state index contributed by atoms with van der Waals surface area (Å²) in [4.78, 5) is 12.2. The molecule has 2 heterocycles. The Bertz CT molecular complexity index is 619. The Hall–Kier alpha value is -1.75. The van der Waals surface area contributed by atoms with Crippen molar-refractivity contribution >= 4 is 11.6 Å². The van der Waals surface area contributed by atoms with Gasteiger partial charge in [0.2, 0.25) is 0 Å². The highest BCUT2D eigenvalue weighted by Gasteiger charge is 2.30. The topological polar surface area (TPSA) is 34.1 Å². The van der Waals surface area contributed by atoms with Gasteiger partial charge in [-0.2, -0.15) is 0 Å². The van der Waals surface area contributed by atoms with Crippen molar-refractivity contribution in [3.63, 3.8) is 0 Å². The number of nitrogens with one attached hydrogen (secondary N) is 1. The first-order valence-electron chi connectivity index (χ1n) is 10.1. The van der Waals surface area contributed by atoms with E-state index in [1.807, 2.05) is 0 Å². The molecule has 1 N–H and O–H groups in total. The minimum Gasteiger partial charge on any atom is -0.378 e. The fraction of sp³-hybridized carbons (Fsp3) is 0.667. The van der Waals surface area contributed by atoms with E-state index in [-0.39, 0.29) is 0 Å². The summed E-state index contributed by atoms with van der Waals surface area (Å²) in [5.74, 6) is 1.07. The molecule has 1 aromatic carbocycles. The third-order valence-electron chi connectivity index (χ3n) is 5.70. The van der Waals surface area contributed by atoms with E-state index in [0.29, 0.717) is 6.04 Å². The average molecular weight is 358 g/mol. The first kappa shape index (κ1) is 19.0. The van der Waals surface area contributed by atoms with Crippen LogP contribution in [0.3, 0.4) is 0 Å². The Morgan fingerprint density at radius 3 is 2.65 bits per heavy atom. The van der Waals surface area contributed by atoms with Crippen LogP contribution in [0.1, 0.15) is 37.3 Å². The maximum atomic E-state index is 4.96. The number of hydrogen-bond acceptors (Lipinski definition) is 3. The zero-order valence-corrected chi connectivity index (χ0v) is 17.0. The molecule has 3 rings (SSSR count). The number of hydrogen-bond donors (Lipinski definition) is 1. The van der Waals surface area contributed by atoms with Gasteiger partial charge in [-0.3, -0.25) is 4.90 Å². The summed E-state index contributed by atoms with van der Waals surface area (Å²) in [6.07, 6.45) is 4.00. The van der Waals surface area contributed by atoms with Gasteiger partial charge in [-0.05, 0) is 69.5 Å². The van der Waals surface area contributed by atoms with E-state index in [2.05, 4.69) is 66.2 Å². The van der Waals surface area contributed by atoms with Gasteiger partial charge in [-0.25, -0.2) is 4.99 Å². The minimum absolute atomic E-state index is 0.711. The number of likely N-dealkylation sites (tertiary alicyclic amines) is 2. The molecule has 0 spiro atoms. The average Bonchev–Trinajstić information content (AvgIpc) is 3.30. The zero-order valence-electron chi connectivity index (χ0n) is 17.0. The van der Waals surface area contributed by atoms with Crippen LogP contribution in [0.4, 0.5) is 5.69 Å². The summed E-state index contributed by atoms with van der Waals surface area (Å²) >= 11 is 0. The Morgan fingerprint density at radius 2 is 2.00 bits per heavy atom. The SMILES string of the molecule is CCNC(=NCc1ccc(N(C)C)cc1C)N1CCC(N2CCCC2)C1. The number of anilines is 1. The molecule has 1 aromatic rings. The highest BCUT2D eigenvalue weighted by Crippen LogP contribution is 2.21. The van der Waals surface area contributed by atoms with Crippen molar-refractivity contribution in [2.75, 3.05) is 51.7 Å². The highest BCUT2D eigenvalue weighted by molar-refractivity contribution is 5.80. The van der Waals surface area contributed by atoms with E-state index in [9.17, 15) is 0 Å². The van der Waals surface area contributed by atoms with Crippen LogP contribution in [0.15, 0.2) is 23.2 Å². The molecular weight excluding hydrogens is 322 g/mol. The van der Waals surface area contributed by atoms with Crippen molar-refractivity contribution in [2.45, 2.75) is 45.7 Å². The number of aryl methyl sites for hydroxylation is 1. The van der Waals surface area contributed by atoms with Crippen molar-refractivity contribution in [2.24, 2.45) is 4.99 Å². The molecule has 2 aliphatic heterocycles. The Balaban J connectivity index is 1.66. The predicted molar refractivity (Wildman–Crippen MR) is 111 cm³/mol. The number of aliphatic imine (C=N–C) groups is 1. The van der Waals surface area contributed by atoms with Gasteiger partial charge in [-0.15, -0.1) is 0 Å². The molecule has 144 valence electrons. The summed E-state index contributed by atoms with van der Waals surface area (Å²) in [5, 5.41) is 3.50. The quantitative estimate of drug-likeness (QED) is 0.649. The monoisotopic (exact) mass is 357 g/mol. The van der Waals surface area contributed by atoms with E-state index < -0.39 is 0 Å². The van der Waals surface area contributed by atoms with Crippen LogP contribution in [0.5, 0.6) is 0 Å². The predicted octanol–water partition coefficient (Wildman–Crippen LogP) is 2.70. The summed E-state index contributed by atoms with van der Waals surface area (Å²) in [5.41, 5.74) is 3.86. The third-order valence-corrected chi connectivity index (χ3v) is 5.70. The highest BCUT2D eigenvalue weighted by atomic mass is 15.3. The molecule has 1 atom stereocenters. The second-order valence-corrected chi connectivity index (χ2v) is 7.81. The second kappa shape index (κ2) is 8.76. The van der Waals surface area contributed by atoms with Gasteiger partial charge in [-0.1, -0.05) is 6.07 Å². The maximum absolute atomic E-state index is 4.96. The number of guanidine groups is 1. The maximum Gasteiger partial charge on any atom is 0.194 e. The summed E-state index contributed by atoms with van der Waals surface area (Å²) in [6.45, 7) is 10.8. The molecule has 26 heavy (non-hydrogen) atoms. The van der Waals surface area contributed by atoms with E-state index in [1.165, 1.54) is 49.2 Å². The fourth-order valence-electron chi connectivity index (χ4n) is 4.06. The third kappa shape index (κ3) is 4.50. The van der Waals surface area contributed by atoms with Crippen molar-refractivity contribution in [1.29, 1.82) is 0 Å². The van der Waals surface area contributed by atoms with Crippen molar-refractivity contribution in [3.05, 3.63) is 29.3 Å². The lowest BCUT2D eigenvalue weighted by atomic mass is 10.1. The Kier molecular flexibility index (Phi) is 6.41. The molecule has 0 radical (unpaired) electrons. The standard InChI is InChI=1S/C21H35N5/c1-5-22-21(26-13-10-20(16-26)25-11-6-7-12-25)23-15-18-8-9-19(24(3)4)14-17(18)2/h8-9,14,20H,5-7,10-13,15-16H2,1-4H3,(H,22,23). The van der Waals surface area contributed by atoms with Crippen LogP contribution in [0.2, 0.25) is 0 Å². The minimum atomic E-state index is 0.711. The fourth-order valence-corrected chi connectivity index (χ4v) is 4.06. The number of nitrogens with zero attached hydrogens (tertiary/aromatic N) is 4. The van der Waals surface area contributed by atoms with Crippen LogP contribution < -0.4 is 10.2 Å². The van der Waals surface area contributed by atoms with Crippen LogP contribution in [-0.4, -0.2) is 68.6 Å². The Labute approximate surface area is 159 Å². The smallest absolute Gasteiger partial charge is 0.194 e. The first-order chi connectivity index (χ1) is 12.6. The van der Waals surface area contributed by atoms with E-state index in [4.69, 9.17) is 4.99 Å². The largest absolute Gasteiger partial charge is 0.378 e. The van der Waals surface area contributed by atoms with Gasteiger partial charge in [0.1, 0.15) is 0 Å². The molecule has 5 nitrogen and oxygen atoms in total. The molecule has 2 aliphatic rings. The Morgan fingerprint density at radius 1 is 1.23 bits per heavy atom. The molecule has 0 saturated carbocycles. The van der Waals surface area contributed by atoms with Gasteiger partial charge >= 0.3 is 0 Å². The number of benzene rings is 1. The second-order valence-electron chi connectivity index (χ2n) is 7.81. The molecule has 1 unspecified atom stereocenters. The lowest BCUT2D eigenvalue weighted by molar-refractivity contribution is 0.249. The van der Waals surface area contributed by atoms with Crippen LogP contribution in [0.25, 0.3) is 0 Å². The summed E-state index contributed by atoms with van der Waals surface area (Å²) in [6, 6.07) is 7.36. The van der Waals surface area contributed by atoms with E-state index in [0.717, 1.165) is 32.1 Å².